The lowest BCUT2D eigenvalue weighted by Crippen LogP contribution is -2.23. The summed E-state index contributed by atoms with van der Waals surface area (Å²) in [5, 5.41) is 7.44. The molecule has 108 valence electrons. The van der Waals surface area contributed by atoms with E-state index in [1.807, 2.05) is 6.92 Å². The van der Waals surface area contributed by atoms with Crippen molar-refractivity contribution in [2.24, 2.45) is 0 Å². The largest absolute Gasteiger partial charge is 0.306 e. The normalized spacial score (nSPS) is 12.7. The number of rotatable bonds is 4. The van der Waals surface area contributed by atoms with Crippen molar-refractivity contribution in [3.8, 4) is 0 Å². The minimum atomic E-state index is -0.590. The maximum absolute atomic E-state index is 14.1. The smallest absolute Gasteiger partial charge is 0.131 e. The molecule has 21 heavy (non-hydrogen) atoms. The molecule has 0 aliphatic carbocycles. The number of nitrogens with one attached hydrogen (secondary N) is 1. The highest BCUT2D eigenvalue weighted by atomic mass is 19.1. The second-order valence-corrected chi connectivity index (χ2v) is 4.66. The number of fused-ring (bicyclic) bond motifs is 1. The topological polar surface area (TPSA) is 42.2 Å². The van der Waals surface area contributed by atoms with Crippen LogP contribution in [0.1, 0.15) is 24.1 Å². The van der Waals surface area contributed by atoms with Gasteiger partial charge in [0, 0.05) is 29.6 Å². The van der Waals surface area contributed by atoms with Gasteiger partial charge in [-0.25, -0.2) is 13.3 Å². The van der Waals surface area contributed by atoms with Crippen molar-refractivity contribution in [3.05, 3.63) is 65.7 Å². The quantitative estimate of drug-likeness (QED) is 0.802. The van der Waals surface area contributed by atoms with E-state index < -0.39 is 17.7 Å². The van der Waals surface area contributed by atoms with Crippen molar-refractivity contribution >= 4 is 5.52 Å². The van der Waals surface area contributed by atoms with Crippen molar-refractivity contribution < 1.29 is 8.78 Å². The number of hydrogen-bond donors (Lipinski definition) is 1. The first-order valence-electron chi connectivity index (χ1n) is 6.66. The van der Waals surface area contributed by atoms with Crippen LogP contribution in [0.2, 0.25) is 0 Å². The van der Waals surface area contributed by atoms with Gasteiger partial charge in [0.25, 0.3) is 0 Å². The van der Waals surface area contributed by atoms with Crippen LogP contribution in [0, 0.1) is 11.6 Å². The number of halogens is 2. The monoisotopic (exact) mass is 288 g/mol. The molecule has 1 N–H and O–H groups in total. The fraction of sp³-hybridized carbons (Fsp3) is 0.200. The molecule has 1 aromatic carbocycles. The zero-order valence-electron chi connectivity index (χ0n) is 11.4. The molecule has 0 radical (unpaired) electrons. The van der Waals surface area contributed by atoms with E-state index in [0.29, 0.717) is 12.1 Å². The minimum absolute atomic E-state index is 0.386. The van der Waals surface area contributed by atoms with Crippen LogP contribution in [-0.4, -0.2) is 21.1 Å². The average Bonchev–Trinajstić information content (AvgIpc) is 2.89. The molecular weight excluding hydrogens is 274 g/mol. The van der Waals surface area contributed by atoms with Crippen LogP contribution in [0.4, 0.5) is 8.78 Å². The first-order chi connectivity index (χ1) is 10.2. The van der Waals surface area contributed by atoms with Crippen LogP contribution < -0.4 is 5.32 Å². The highest BCUT2D eigenvalue weighted by Gasteiger charge is 2.21. The second-order valence-electron chi connectivity index (χ2n) is 4.66. The van der Waals surface area contributed by atoms with Crippen molar-refractivity contribution in [1.29, 1.82) is 0 Å². The summed E-state index contributed by atoms with van der Waals surface area (Å²) in [6.45, 7) is 2.57. The third kappa shape index (κ3) is 2.50. The maximum atomic E-state index is 14.1. The van der Waals surface area contributed by atoms with E-state index in [1.165, 1.54) is 12.1 Å². The van der Waals surface area contributed by atoms with Crippen molar-refractivity contribution in [1.82, 2.24) is 19.9 Å². The van der Waals surface area contributed by atoms with Crippen LogP contribution in [0.5, 0.6) is 0 Å². The van der Waals surface area contributed by atoms with Crippen molar-refractivity contribution in [2.75, 3.05) is 6.54 Å². The Balaban J connectivity index is 2.13. The molecule has 0 aliphatic heterocycles. The van der Waals surface area contributed by atoms with Gasteiger partial charge < -0.3 is 5.32 Å². The standard InChI is InChI=1S/C15H14F2N4/c1-2-19-15(11-4-3-10(16)7-13(11)17)12-8-20-21-6-5-18-9-14(12)21/h3-9,15,19H,2H2,1H3. The van der Waals surface area contributed by atoms with E-state index in [0.717, 1.165) is 17.1 Å². The first-order valence-corrected chi connectivity index (χ1v) is 6.66. The number of benzene rings is 1. The molecular formula is C15H14F2N4. The van der Waals surface area contributed by atoms with Crippen LogP contribution in [-0.2, 0) is 0 Å². The third-order valence-electron chi connectivity index (χ3n) is 3.35. The second kappa shape index (κ2) is 5.57. The van der Waals surface area contributed by atoms with E-state index in [4.69, 9.17) is 0 Å². The Labute approximate surface area is 120 Å². The Bertz CT molecular complexity index is 769. The van der Waals surface area contributed by atoms with E-state index >= 15 is 0 Å². The predicted molar refractivity (Wildman–Crippen MR) is 74.9 cm³/mol. The summed E-state index contributed by atoms with van der Waals surface area (Å²) in [5.41, 5.74) is 1.97. The van der Waals surface area contributed by atoms with Crippen LogP contribution in [0.15, 0.2) is 43.0 Å². The van der Waals surface area contributed by atoms with Gasteiger partial charge in [0.15, 0.2) is 0 Å². The Hall–Kier alpha value is -2.34. The summed E-state index contributed by atoms with van der Waals surface area (Å²) in [7, 11) is 0. The van der Waals surface area contributed by atoms with Gasteiger partial charge >= 0.3 is 0 Å². The molecule has 0 spiro atoms. The fourth-order valence-electron chi connectivity index (χ4n) is 2.40. The zero-order valence-corrected chi connectivity index (χ0v) is 11.4. The Morgan fingerprint density at radius 2 is 2.10 bits per heavy atom. The molecule has 0 aliphatic rings. The summed E-state index contributed by atoms with van der Waals surface area (Å²) < 4.78 is 28.9. The van der Waals surface area contributed by atoms with Gasteiger partial charge in [-0.1, -0.05) is 13.0 Å². The SMILES string of the molecule is CCNC(c1ccc(F)cc1F)c1cnn2ccncc12. The first kappa shape index (κ1) is 13.6. The summed E-state index contributed by atoms with van der Waals surface area (Å²) in [6.07, 6.45) is 6.70. The summed E-state index contributed by atoms with van der Waals surface area (Å²) >= 11 is 0. The van der Waals surface area contributed by atoms with E-state index in [9.17, 15) is 8.78 Å². The summed E-state index contributed by atoms with van der Waals surface area (Å²) in [5.74, 6) is -1.17. The Morgan fingerprint density at radius 3 is 2.86 bits per heavy atom. The zero-order chi connectivity index (χ0) is 14.8. The molecule has 0 fully saturated rings. The highest BCUT2D eigenvalue weighted by Crippen LogP contribution is 2.27. The minimum Gasteiger partial charge on any atom is -0.306 e. The number of nitrogens with zero attached hydrogens (tertiary/aromatic N) is 3. The molecule has 0 saturated carbocycles. The molecule has 0 saturated heterocycles. The number of aromatic nitrogens is 3. The van der Waals surface area contributed by atoms with Crippen LogP contribution >= 0.6 is 0 Å². The molecule has 6 heteroatoms. The van der Waals surface area contributed by atoms with Gasteiger partial charge in [0.2, 0.25) is 0 Å². The van der Waals surface area contributed by atoms with Gasteiger partial charge in [-0.05, 0) is 12.6 Å². The van der Waals surface area contributed by atoms with Gasteiger partial charge in [0.1, 0.15) is 11.6 Å². The molecule has 3 aromatic rings. The van der Waals surface area contributed by atoms with E-state index in [1.54, 1.807) is 29.3 Å². The molecule has 0 bridgehead atoms. The van der Waals surface area contributed by atoms with Gasteiger partial charge in [-0.15, -0.1) is 0 Å². The summed E-state index contributed by atoms with van der Waals surface area (Å²) in [4.78, 5) is 4.08. The summed E-state index contributed by atoms with van der Waals surface area (Å²) in [6, 6.07) is 3.20. The molecule has 4 nitrogen and oxygen atoms in total. The lowest BCUT2D eigenvalue weighted by Gasteiger charge is -2.18. The molecule has 3 rings (SSSR count). The average molecular weight is 288 g/mol. The van der Waals surface area contributed by atoms with Gasteiger partial charge in [0.05, 0.1) is 24.0 Å². The Kier molecular flexibility index (Phi) is 3.62. The molecule has 1 atom stereocenters. The molecule has 1 unspecified atom stereocenters. The van der Waals surface area contributed by atoms with Gasteiger partial charge in [-0.2, -0.15) is 5.10 Å². The maximum Gasteiger partial charge on any atom is 0.131 e. The van der Waals surface area contributed by atoms with Crippen molar-refractivity contribution in [3.63, 3.8) is 0 Å². The lowest BCUT2D eigenvalue weighted by atomic mass is 9.99. The molecule has 2 aromatic heterocycles. The highest BCUT2D eigenvalue weighted by molar-refractivity contribution is 5.55. The fourth-order valence-corrected chi connectivity index (χ4v) is 2.40. The molecule has 2 heterocycles. The Morgan fingerprint density at radius 1 is 1.24 bits per heavy atom. The predicted octanol–water partition coefficient (Wildman–Crippen LogP) is 2.71. The van der Waals surface area contributed by atoms with Crippen LogP contribution in [0.3, 0.4) is 0 Å². The molecule has 0 amide bonds. The van der Waals surface area contributed by atoms with E-state index in [-0.39, 0.29) is 0 Å². The lowest BCUT2D eigenvalue weighted by molar-refractivity contribution is 0.542. The number of hydrogen-bond acceptors (Lipinski definition) is 3. The van der Waals surface area contributed by atoms with Crippen molar-refractivity contribution in [2.45, 2.75) is 13.0 Å². The van der Waals surface area contributed by atoms with E-state index in [2.05, 4.69) is 15.4 Å². The third-order valence-corrected chi connectivity index (χ3v) is 3.35. The van der Waals surface area contributed by atoms with Gasteiger partial charge in [-0.3, -0.25) is 4.98 Å². The van der Waals surface area contributed by atoms with Crippen LogP contribution in [0.25, 0.3) is 5.52 Å².